The number of ether oxygens (including phenoxy) is 2. The lowest BCUT2D eigenvalue weighted by Crippen LogP contribution is -2.27. The van der Waals surface area contributed by atoms with Gasteiger partial charge in [0.1, 0.15) is 0 Å². The lowest BCUT2D eigenvalue weighted by Gasteiger charge is -2.17. The van der Waals surface area contributed by atoms with E-state index in [0.29, 0.717) is 21.6 Å². The third-order valence-corrected chi connectivity index (χ3v) is 5.89. The van der Waals surface area contributed by atoms with E-state index in [2.05, 4.69) is 22.6 Å². The minimum Gasteiger partial charge on any atom is -0.490 e. The van der Waals surface area contributed by atoms with Gasteiger partial charge in [-0.1, -0.05) is 42.2 Å². The van der Waals surface area contributed by atoms with Gasteiger partial charge in [-0.25, -0.2) is 0 Å². The standard InChI is InChI=1S/C21H20INO3S2/c1-4-25-17-11-14(10-16(22)19(17)26-13(2)3)12-18-20(24)23(21(27)28-18)15-8-6-5-7-9-15/h5-13H,4H2,1-3H3/b18-12+. The molecule has 0 saturated carbocycles. The molecule has 3 rings (SSSR count). The van der Waals surface area contributed by atoms with Gasteiger partial charge in [0.2, 0.25) is 0 Å². The van der Waals surface area contributed by atoms with E-state index in [1.807, 2.05) is 69.3 Å². The van der Waals surface area contributed by atoms with Gasteiger partial charge in [0, 0.05) is 0 Å². The van der Waals surface area contributed by atoms with E-state index in [4.69, 9.17) is 21.7 Å². The van der Waals surface area contributed by atoms with Gasteiger partial charge in [0.25, 0.3) is 5.91 Å². The van der Waals surface area contributed by atoms with Crippen LogP contribution in [0, 0.1) is 3.57 Å². The molecular formula is C21H20INO3S2. The average molecular weight is 525 g/mol. The number of benzene rings is 2. The maximum Gasteiger partial charge on any atom is 0.270 e. The van der Waals surface area contributed by atoms with Gasteiger partial charge in [-0.2, -0.15) is 0 Å². The molecule has 1 aliphatic rings. The van der Waals surface area contributed by atoms with Crippen molar-refractivity contribution in [3.63, 3.8) is 0 Å². The molecule has 4 nitrogen and oxygen atoms in total. The Hall–Kier alpha value is -1.58. The molecule has 1 fully saturated rings. The van der Waals surface area contributed by atoms with E-state index in [0.717, 1.165) is 20.6 Å². The van der Waals surface area contributed by atoms with Crippen LogP contribution in [0.3, 0.4) is 0 Å². The fourth-order valence-corrected chi connectivity index (χ4v) is 4.75. The molecule has 7 heteroatoms. The second-order valence-corrected chi connectivity index (χ2v) is 9.12. The highest BCUT2D eigenvalue weighted by Crippen LogP contribution is 2.39. The zero-order valence-electron chi connectivity index (χ0n) is 15.8. The van der Waals surface area contributed by atoms with Gasteiger partial charge >= 0.3 is 0 Å². The number of carbonyl (C=O) groups is 1. The van der Waals surface area contributed by atoms with Gasteiger partial charge < -0.3 is 9.47 Å². The van der Waals surface area contributed by atoms with Crippen LogP contribution >= 0.6 is 46.6 Å². The Morgan fingerprint density at radius 1 is 1.25 bits per heavy atom. The van der Waals surface area contributed by atoms with Crippen molar-refractivity contribution in [2.45, 2.75) is 26.9 Å². The lowest BCUT2D eigenvalue weighted by molar-refractivity contribution is -0.113. The van der Waals surface area contributed by atoms with Crippen molar-refractivity contribution in [1.29, 1.82) is 0 Å². The summed E-state index contributed by atoms with van der Waals surface area (Å²) in [6.45, 7) is 6.43. The Kier molecular flexibility index (Phi) is 7.00. The first kappa shape index (κ1) is 21.1. The first-order valence-electron chi connectivity index (χ1n) is 8.86. The number of thioether (sulfide) groups is 1. The van der Waals surface area contributed by atoms with Crippen LogP contribution in [0.4, 0.5) is 5.69 Å². The summed E-state index contributed by atoms with van der Waals surface area (Å²) in [5.74, 6) is 1.29. The van der Waals surface area contributed by atoms with Crippen molar-refractivity contribution in [2.75, 3.05) is 11.5 Å². The molecule has 1 aliphatic heterocycles. The SMILES string of the molecule is CCOc1cc(/C=C2/SC(=S)N(c3ccccc3)C2=O)cc(I)c1OC(C)C. The van der Waals surface area contributed by atoms with Crippen molar-refractivity contribution in [3.8, 4) is 11.5 Å². The van der Waals surface area contributed by atoms with Crippen LogP contribution in [0.5, 0.6) is 11.5 Å². The minimum absolute atomic E-state index is 0.0423. The second-order valence-electron chi connectivity index (χ2n) is 6.28. The summed E-state index contributed by atoms with van der Waals surface area (Å²) in [6, 6.07) is 13.3. The molecule has 0 spiro atoms. The third-order valence-electron chi connectivity index (χ3n) is 3.79. The first-order chi connectivity index (χ1) is 13.4. The molecule has 28 heavy (non-hydrogen) atoms. The minimum atomic E-state index is -0.114. The normalized spacial score (nSPS) is 15.6. The van der Waals surface area contributed by atoms with E-state index in [9.17, 15) is 4.79 Å². The van der Waals surface area contributed by atoms with E-state index >= 15 is 0 Å². The van der Waals surface area contributed by atoms with Crippen LogP contribution in [0.1, 0.15) is 26.3 Å². The number of amides is 1. The highest BCUT2D eigenvalue weighted by atomic mass is 127. The predicted octanol–water partition coefficient (Wildman–Crippen LogP) is 5.88. The number of carbonyl (C=O) groups excluding carboxylic acids is 1. The van der Waals surface area contributed by atoms with Crippen molar-refractivity contribution >= 4 is 68.6 Å². The molecule has 0 radical (unpaired) electrons. The van der Waals surface area contributed by atoms with Crippen molar-refractivity contribution in [2.24, 2.45) is 0 Å². The number of thiocarbonyl (C=S) groups is 1. The van der Waals surface area contributed by atoms with Crippen LogP contribution in [0.25, 0.3) is 6.08 Å². The quantitative estimate of drug-likeness (QED) is 0.268. The number of rotatable bonds is 6. The Bertz CT molecular complexity index is 929. The van der Waals surface area contributed by atoms with Crippen LogP contribution < -0.4 is 14.4 Å². The van der Waals surface area contributed by atoms with Crippen LogP contribution in [-0.2, 0) is 4.79 Å². The fourth-order valence-electron chi connectivity index (χ4n) is 2.70. The second kappa shape index (κ2) is 9.28. The molecule has 0 bridgehead atoms. The summed E-state index contributed by atoms with van der Waals surface area (Å²) in [5, 5.41) is 0. The van der Waals surface area contributed by atoms with Gasteiger partial charge in [-0.15, -0.1) is 0 Å². The molecule has 1 saturated heterocycles. The monoisotopic (exact) mass is 525 g/mol. The first-order valence-corrected chi connectivity index (χ1v) is 11.2. The van der Waals surface area contributed by atoms with Gasteiger partial charge in [-0.3, -0.25) is 9.69 Å². The largest absolute Gasteiger partial charge is 0.490 e. The number of nitrogens with zero attached hydrogens (tertiary/aromatic N) is 1. The van der Waals surface area contributed by atoms with Crippen molar-refractivity contribution in [1.82, 2.24) is 0 Å². The molecular weight excluding hydrogens is 505 g/mol. The molecule has 0 unspecified atom stereocenters. The third kappa shape index (κ3) is 4.69. The molecule has 146 valence electrons. The van der Waals surface area contributed by atoms with E-state index in [-0.39, 0.29) is 12.0 Å². The zero-order chi connectivity index (χ0) is 20.3. The Balaban J connectivity index is 1.95. The summed E-state index contributed by atoms with van der Waals surface area (Å²) < 4.78 is 13.1. The molecule has 0 N–H and O–H groups in total. The Morgan fingerprint density at radius 2 is 1.96 bits per heavy atom. The van der Waals surface area contributed by atoms with E-state index < -0.39 is 0 Å². The smallest absolute Gasteiger partial charge is 0.270 e. The van der Waals surface area contributed by atoms with Gasteiger partial charge in [-0.05, 0) is 79.3 Å². The summed E-state index contributed by atoms with van der Waals surface area (Å²) in [7, 11) is 0. The van der Waals surface area contributed by atoms with Crippen LogP contribution in [-0.4, -0.2) is 22.9 Å². The molecule has 2 aromatic carbocycles. The van der Waals surface area contributed by atoms with Gasteiger partial charge in [0.05, 0.1) is 26.9 Å². The molecule has 1 heterocycles. The highest BCUT2D eigenvalue weighted by molar-refractivity contribution is 14.1. The number of anilines is 1. The van der Waals surface area contributed by atoms with Gasteiger partial charge in [0.15, 0.2) is 15.8 Å². The maximum absolute atomic E-state index is 12.9. The van der Waals surface area contributed by atoms with E-state index in [1.54, 1.807) is 4.90 Å². The summed E-state index contributed by atoms with van der Waals surface area (Å²) in [4.78, 5) is 15.1. The van der Waals surface area contributed by atoms with Crippen LogP contribution in [0.2, 0.25) is 0 Å². The molecule has 1 amide bonds. The fraction of sp³-hybridized carbons (Fsp3) is 0.238. The highest BCUT2D eigenvalue weighted by Gasteiger charge is 2.33. The van der Waals surface area contributed by atoms with Crippen molar-refractivity contribution < 1.29 is 14.3 Å². The number of hydrogen-bond acceptors (Lipinski definition) is 5. The number of halogens is 1. The average Bonchev–Trinajstić information content (AvgIpc) is 2.92. The molecule has 0 aliphatic carbocycles. The zero-order valence-corrected chi connectivity index (χ0v) is 19.6. The summed E-state index contributed by atoms with van der Waals surface area (Å²) in [5.41, 5.74) is 1.65. The molecule has 2 aromatic rings. The Morgan fingerprint density at radius 3 is 2.61 bits per heavy atom. The summed E-state index contributed by atoms with van der Waals surface area (Å²) >= 11 is 8.97. The number of para-hydroxylation sites is 1. The van der Waals surface area contributed by atoms with E-state index in [1.165, 1.54) is 11.8 Å². The molecule has 0 aromatic heterocycles. The maximum atomic E-state index is 12.9. The number of hydrogen-bond donors (Lipinski definition) is 0. The lowest BCUT2D eigenvalue weighted by atomic mass is 10.1. The predicted molar refractivity (Wildman–Crippen MR) is 128 cm³/mol. The molecule has 0 atom stereocenters. The topological polar surface area (TPSA) is 38.8 Å². The summed E-state index contributed by atoms with van der Waals surface area (Å²) in [6.07, 6.45) is 1.90. The Labute approximate surface area is 188 Å². The van der Waals surface area contributed by atoms with Crippen molar-refractivity contribution in [3.05, 3.63) is 56.5 Å². The van der Waals surface area contributed by atoms with Crippen LogP contribution in [0.15, 0.2) is 47.4 Å².